The highest BCUT2D eigenvalue weighted by molar-refractivity contribution is 6.55. The molecule has 2 nitrogen and oxygen atoms in total. The number of benzene rings is 1. The molecular formula is C10H10Cl3NO. The van der Waals surface area contributed by atoms with Gasteiger partial charge in [0, 0.05) is 5.69 Å². The number of rotatable bonds is 3. The monoisotopic (exact) mass is 265 g/mol. The Hall–Kier alpha value is -0.570. The number of hydrogen-bond acceptors (Lipinski definition) is 2. The van der Waals surface area contributed by atoms with Crippen LogP contribution < -0.4 is 10.5 Å². The highest BCUT2D eigenvalue weighted by Gasteiger charge is 2.06. The van der Waals surface area contributed by atoms with Gasteiger partial charge in [0.1, 0.15) is 16.8 Å². The van der Waals surface area contributed by atoms with Crippen molar-refractivity contribution in [1.82, 2.24) is 0 Å². The summed E-state index contributed by atoms with van der Waals surface area (Å²) in [6.07, 6.45) is 1.53. The minimum absolute atomic E-state index is 0.165. The lowest BCUT2D eigenvalue weighted by atomic mass is 10.2. The lowest BCUT2D eigenvalue weighted by Gasteiger charge is -2.09. The molecule has 0 saturated heterocycles. The lowest BCUT2D eigenvalue weighted by Crippen LogP contribution is -1.97. The first-order valence-electron chi connectivity index (χ1n) is 4.21. The van der Waals surface area contributed by atoms with E-state index in [0.717, 1.165) is 5.56 Å². The van der Waals surface area contributed by atoms with Crippen molar-refractivity contribution < 1.29 is 4.74 Å². The fourth-order valence-electron chi connectivity index (χ4n) is 0.981. The standard InChI is InChI=1S/C10H10Cl3NO/c1-6-7(14)2-3-8(10(6)13)15-5-4-9(11)12/h2-4H,5,14H2,1H3. The summed E-state index contributed by atoms with van der Waals surface area (Å²) in [6, 6.07) is 3.45. The van der Waals surface area contributed by atoms with E-state index < -0.39 is 0 Å². The van der Waals surface area contributed by atoms with Crippen molar-refractivity contribution in [2.45, 2.75) is 6.92 Å². The molecule has 0 aliphatic heterocycles. The third-order valence-electron chi connectivity index (χ3n) is 1.87. The summed E-state index contributed by atoms with van der Waals surface area (Å²) >= 11 is 16.9. The van der Waals surface area contributed by atoms with E-state index in [-0.39, 0.29) is 11.1 Å². The van der Waals surface area contributed by atoms with E-state index >= 15 is 0 Å². The van der Waals surface area contributed by atoms with Crippen LogP contribution in [0.15, 0.2) is 22.7 Å². The molecule has 0 atom stereocenters. The molecule has 0 unspecified atom stereocenters. The molecule has 1 aromatic carbocycles. The van der Waals surface area contributed by atoms with Crippen molar-refractivity contribution in [2.24, 2.45) is 0 Å². The smallest absolute Gasteiger partial charge is 0.138 e. The van der Waals surface area contributed by atoms with Crippen molar-refractivity contribution in [3.63, 3.8) is 0 Å². The fraction of sp³-hybridized carbons (Fsp3) is 0.200. The van der Waals surface area contributed by atoms with Crippen molar-refractivity contribution in [2.75, 3.05) is 12.3 Å². The number of ether oxygens (including phenoxy) is 1. The maximum Gasteiger partial charge on any atom is 0.138 e. The van der Waals surface area contributed by atoms with Crippen LogP contribution in [0, 0.1) is 6.92 Å². The van der Waals surface area contributed by atoms with Gasteiger partial charge in [-0.1, -0.05) is 34.8 Å². The molecule has 0 aliphatic rings. The largest absolute Gasteiger partial charge is 0.488 e. The second kappa shape index (κ2) is 5.50. The zero-order valence-electron chi connectivity index (χ0n) is 8.06. The lowest BCUT2D eigenvalue weighted by molar-refractivity contribution is 0.363. The Kier molecular flexibility index (Phi) is 4.58. The predicted molar refractivity (Wildman–Crippen MR) is 65.9 cm³/mol. The molecule has 0 amide bonds. The van der Waals surface area contributed by atoms with E-state index in [1.165, 1.54) is 6.08 Å². The first-order valence-corrected chi connectivity index (χ1v) is 5.34. The van der Waals surface area contributed by atoms with Crippen molar-refractivity contribution >= 4 is 40.5 Å². The normalized spacial score (nSPS) is 9.87. The Morgan fingerprint density at radius 1 is 1.47 bits per heavy atom. The minimum Gasteiger partial charge on any atom is -0.488 e. The number of halogens is 3. The second-order valence-corrected chi connectivity index (χ2v) is 4.28. The van der Waals surface area contributed by atoms with E-state index in [1.54, 1.807) is 12.1 Å². The van der Waals surface area contributed by atoms with Crippen LogP contribution in [-0.2, 0) is 0 Å². The van der Waals surface area contributed by atoms with Crippen LogP contribution in [0.1, 0.15) is 5.56 Å². The first kappa shape index (κ1) is 12.5. The van der Waals surface area contributed by atoms with Crippen LogP contribution in [0.5, 0.6) is 5.75 Å². The van der Waals surface area contributed by atoms with Crippen molar-refractivity contribution in [3.8, 4) is 5.75 Å². The molecule has 82 valence electrons. The number of nitrogens with two attached hydrogens (primary N) is 1. The molecule has 1 rings (SSSR count). The van der Waals surface area contributed by atoms with Crippen molar-refractivity contribution in [1.29, 1.82) is 0 Å². The Balaban J connectivity index is 2.79. The second-order valence-electron chi connectivity index (χ2n) is 2.90. The maximum atomic E-state index is 6.02. The minimum atomic E-state index is 0.165. The van der Waals surface area contributed by atoms with E-state index in [1.807, 2.05) is 6.92 Å². The van der Waals surface area contributed by atoms with Crippen LogP contribution >= 0.6 is 34.8 Å². The highest BCUT2D eigenvalue weighted by atomic mass is 35.5. The molecule has 0 aliphatic carbocycles. The molecule has 0 fully saturated rings. The Labute approximate surface area is 104 Å². The van der Waals surface area contributed by atoms with Gasteiger partial charge in [-0.2, -0.15) is 0 Å². The molecule has 2 N–H and O–H groups in total. The zero-order chi connectivity index (χ0) is 11.4. The molecule has 0 aromatic heterocycles. The number of anilines is 1. The highest BCUT2D eigenvalue weighted by Crippen LogP contribution is 2.31. The third-order valence-corrected chi connectivity index (χ3v) is 2.65. The van der Waals surface area contributed by atoms with Crippen LogP contribution in [0.3, 0.4) is 0 Å². The van der Waals surface area contributed by atoms with Gasteiger partial charge in [-0.05, 0) is 30.7 Å². The van der Waals surface area contributed by atoms with E-state index in [9.17, 15) is 0 Å². The van der Waals surface area contributed by atoms with Crippen LogP contribution in [0.4, 0.5) is 5.69 Å². The quantitative estimate of drug-likeness (QED) is 0.841. The van der Waals surface area contributed by atoms with Gasteiger partial charge in [-0.15, -0.1) is 0 Å². The van der Waals surface area contributed by atoms with E-state index in [0.29, 0.717) is 16.5 Å². The zero-order valence-corrected chi connectivity index (χ0v) is 10.3. The van der Waals surface area contributed by atoms with Crippen LogP contribution in [0.2, 0.25) is 5.02 Å². The number of hydrogen-bond donors (Lipinski definition) is 1. The van der Waals surface area contributed by atoms with Gasteiger partial charge in [0.15, 0.2) is 0 Å². The van der Waals surface area contributed by atoms with Gasteiger partial charge in [0.2, 0.25) is 0 Å². The van der Waals surface area contributed by atoms with Gasteiger partial charge in [0.25, 0.3) is 0 Å². The van der Waals surface area contributed by atoms with Gasteiger partial charge in [-0.25, -0.2) is 0 Å². The van der Waals surface area contributed by atoms with Crippen LogP contribution in [0.25, 0.3) is 0 Å². The molecule has 15 heavy (non-hydrogen) atoms. The Morgan fingerprint density at radius 2 is 2.13 bits per heavy atom. The summed E-state index contributed by atoms with van der Waals surface area (Å²) in [6.45, 7) is 2.10. The third kappa shape index (κ3) is 3.49. The van der Waals surface area contributed by atoms with Gasteiger partial charge < -0.3 is 10.5 Å². The average molecular weight is 267 g/mol. The molecular weight excluding hydrogens is 256 g/mol. The summed E-state index contributed by atoms with van der Waals surface area (Å²) in [5, 5.41) is 0.508. The average Bonchev–Trinajstić information content (AvgIpc) is 2.18. The maximum absolute atomic E-state index is 6.02. The van der Waals surface area contributed by atoms with E-state index in [4.69, 9.17) is 45.3 Å². The summed E-state index contributed by atoms with van der Waals surface area (Å²) < 4.78 is 5.52. The summed E-state index contributed by atoms with van der Waals surface area (Å²) in [7, 11) is 0. The molecule has 0 spiro atoms. The van der Waals surface area contributed by atoms with Crippen LogP contribution in [-0.4, -0.2) is 6.61 Å². The van der Waals surface area contributed by atoms with Crippen molar-refractivity contribution in [3.05, 3.63) is 33.3 Å². The molecule has 0 bridgehead atoms. The Morgan fingerprint density at radius 3 is 2.73 bits per heavy atom. The topological polar surface area (TPSA) is 35.2 Å². The molecule has 0 heterocycles. The van der Waals surface area contributed by atoms with Gasteiger partial charge >= 0.3 is 0 Å². The van der Waals surface area contributed by atoms with E-state index in [2.05, 4.69) is 0 Å². The molecule has 1 aromatic rings. The summed E-state index contributed by atoms with van der Waals surface area (Å²) in [5.41, 5.74) is 7.11. The first-order chi connectivity index (χ1) is 7.02. The fourth-order valence-corrected chi connectivity index (χ4v) is 1.33. The molecule has 0 saturated carbocycles. The predicted octanol–water partition coefficient (Wildman–Crippen LogP) is 3.93. The SMILES string of the molecule is Cc1c(N)ccc(OCC=C(Cl)Cl)c1Cl. The number of nitrogen functional groups attached to an aromatic ring is 1. The van der Waals surface area contributed by atoms with Gasteiger partial charge in [-0.3, -0.25) is 0 Å². The summed E-state index contributed by atoms with van der Waals surface area (Å²) in [5.74, 6) is 0.564. The Bertz CT molecular complexity index is 386. The molecule has 0 radical (unpaired) electrons. The summed E-state index contributed by atoms with van der Waals surface area (Å²) in [4.78, 5) is 0. The molecule has 5 heteroatoms. The van der Waals surface area contributed by atoms with Gasteiger partial charge in [0.05, 0.1) is 5.02 Å².